The Kier molecular flexibility index (Phi) is 3.04. The van der Waals surface area contributed by atoms with E-state index in [-0.39, 0.29) is 23.9 Å². The van der Waals surface area contributed by atoms with Crippen molar-refractivity contribution >= 4 is 23.2 Å². The zero-order valence-corrected chi connectivity index (χ0v) is 11.1. The number of amides is 1. The Labute approximate surface area is 116 Å². The Balaban J connectivity index is 1.90. The van der Waals surface area contributed by atoms with Gasteiger partial charge in [-0.2, -0.15) is 0 Å². The molecule has 1 aromatic carbocycles. The largest absolute Gasteiger partial charge is 0.398 e. The van der Waals surface area contributed by atoms with Crippen molar-refractivity contribution in [2.24, 2.45) is 0 Å². The third-order valence-corrected chi connectivity index (χ3v) is 4.08. The number of ketones is 2. The van der Waals surface area contributed by atoms with Gasteiger partial charge in [0.05, 0.1) is 12.5 Å². The molecule has 0 aromatic heterocycles. The maximum absolute atomic E-state index is 12.4. The van der Waals surface area contributed by atoms with E-state index >= 15 is 0 Å². The molecule has 1 fully saturated rings. The van der Waals surface area contributed by atoms with Crippen LogP contribution in [0.3, 0.4) is 0 Å². The highest BCUT2D eigenvalue weighted by molar-refractivity contribution is 6.06. The number of fused-ring (bicyclic) bond motifs is 1. The summed E-state index contributed by atoms with van der Waals surface area (Å²) in [4.78, 5) is 37.6. The number of carbonyl (C=O) groups is 3. The van der Waals surface area contributed by atoms with E-state index in [0.29, 0.717) is 37.1 Å². The SMILES string of the molecule is Nc1cccc2c1CN([C@H]1CCCC(=O)CC1=O)C2=O. The van der Waals surface area contributed by atoms with E-state index < -0.39 is 6.04 Å². The van der Waals surface area contributed by atoms with Crippen LogP contribution < -0.4 is 5.73 Å². The van der Waals surface area contributed by atoms with Gasteiger partial charge in [-0.05, 0) is 25.0 Å². The third-order valence-electron chi connectivity index (χ3n) is 4.08. The number of benzene rings is 1. The Hall–Kier alpha value is -2.17. The topological polar surface area (TPSA) is 80.5 Å². The summed E-state index contributed by atoms with van der Waals surface area (Å²) in [5.41, 5.74) is 7.84. The molecule has 1 aliphatic carbocycles. The molecule has 2 N–H and O–H groups in total. The fraction of sp³-hybridized carbons (Fsp3) is 0.400. The number of carbonyl (C=O) groups excluding carboxylic acids is 3. The second-order valence-corrected chi connectivity index (χ2v) is 5.40. The molecule has 2 aliphatic rings. The van der Waals surface area contributed by atoms with Gasteiger partial charge < -0.3 is 10.6 Å². The van der Waals surface area contributed by atoms with Crippen molar-refractivity contribution in [2.45, 2.75) is 38.3 Å². The molecule has 20 heavy (non-hydrogen) atoms. The fourth-order valence-electron chi connectivity index (χ4n) is 3.01. The van der Waals surface area contributed by atoms with Gasteiger partial charge in [0, 0.05) is 29.8 Å². The molecule has 1 atom stereocenters. The summed E-state index contributed by atoms with van der Waals surface area (Å²) < 4.78 is 0. The lowest BCUT2D eigenvalue weighted by atomic mass is 10.1. The average Bonchev–Trinajstić information content (AvgIpc) is 2.64. The first kappa shape index (κ1) is 12.8. The van der Waals surface area contributed by atoms with Gasteiger partial charge in [0.2, 0.25) is 0 Å². The lowest BCUT2D eigenvalue weighted by molar-refractivity contribution is -0.128. The minimum atomic E-state index is -0.485. The van der Waals surface area contributed by atoms with Gasteiger partial charge in [0.25, 0.3) is 5.91 Å². The Morgan fingerprint density at radius 1 is 1.20 bits per heavy atom. The highest BCUT2D eigenvalue weighted by atomic mass is 16.2. The van der Waals surface area contributed by atoms with Crippen LogP contribution in [0.25, 0.3) is 0 Å². The molecular weight excluding hydrogens is 256 g/mol. The summed E-state index contributed by atoms with van der Waals surface area (Å²) in [6.45, 7) is 0.367. The molecule has 0 saturated heterocycles. The van der Waals surface area contributed by atoms with Crippen LogP contribution >= 0.6 is 0 Å². The van der Waals surface area contributed by atoms with Gasteiger partial charge in [-0.3, -0.25) is 14.4 Å². The number of hydrogen-bond donors (Lipinski definition) is 1. The number of anilines is 1. The molecule has 1 aromatic rings. The van der Waals surface area contributed by atoms with Crippen LogP contribution in [0, 0.1) is 0 Å². The number of hydrogen-bond acceptors (Lipinski definition) is 4. The maximum atomic E-state index is 12.4. The van der Waals surface area contributed by atoms with E-state index in [1.807, 2.05) is 0 Å². The van der Waals surface area contributed by atoms with Gasteiger partial charge >= 0.3 is 0 Å². The van der Waals surface area contributed by atoms with E-state index in [1.165, 1.54) is 0 Å². The quantitative estimate of drug-likeness (QED) is 0.475. The molecule has 0 radical (unpaired) electrons. The standard InChI is InChI=1S/C15H16N2O3/c16-12-5-2-4-10-11(12)8-17(15(10)20)13-6-1-3-9(18)7-14(13)19/h2,4-5,13H,1,3,6-8,16H2/t13-/m0/s1. The van der Waals surface area contributed by atoms with Crippen LogP contribution in [0.1, 0.15) is 41.6 Å². The van der Waals surface area contributed by atoms with E-state index in [9.17, 15) is 14.4 Å². The number of Topliss-reactive ketones (excluding diaryl/α,β-unsaturated/α-hetero) is 2. The van der Waals surface area contributed by atoms with Gasteiger partial charge in [0.15, 0.2) is 5.78 Å². The minimum Gasteiger partial charge on any atom is -0.398 e. The van der Waals surface area contributed by atoms with Crippen molar-refractivity contribution < 1.29 is 14.4 Å². The van der Waals surface area contributed by atoms with Crippen molar-refractivity contribution in [1.29, 1.82) is 0 Å². The number of nitrogens with zero attached hydrogens (tertiary/aromatic N) is 1. The molecule has 5 heteroatoms. The molecule has 0 spiro atoms. The van der Waals surface area contributed by atoms with E-state index in [4.69, 9.17) is 5.73 Å². The smallest absolute Gasteiger partial charge is 0.255 e. The molecule has 1 heterocycles. The van der Waals surface area contributed by atoms with Crippen molar-refractivity contribution in [3.63, 3.8) is 0 Å². The monoisotopic (exact) mass is 272 g/mol. The average molecular weight is 272 g/mol. The molecule has 0 unspecified atom stereocenters. The second-order valence-electron chi connectivity index (χ2n) is 5.40. The number of nitrogens with two attached hydrogens (primary N) is 1. The van der Waals surface area contributed by atoms with Crippen molar-refractivity contribution in [3.8, 4) is 0 Å². The predicted octanol–water partition coefficient (Wildman–Crippen LogP) is 1.31. The van der Waals surface area contributed by atoms with Gasteiger partial charge in [0.1, 0.15) is 5.78 Å². The first-order valence-corrected chi connectivity index (χ1v) is 6.80. The molecule has 104 valence electrons. The van der Waals surface area contributed by atoms with Gasteiger partial charge in [-0.25, -0.2) is 0 Å². The lowest BCUT2D eigenvalue weighted by Crippen LogP contribution is -2.41. The summed E-state index contributed by atoms with van der Waals surface area (Å²) in [6.07, 6.45) is 1.59. The first-order valence-electron chi connectivity index (χ1n) is 6.80. The van der Waals surface area contributed by atoms with E-state index in [0.717, 1.165) is 5.56 Å². The molecule has 1 amide bonds. The summed E-state index contributed by atoms with van der Waals surface area (Å²) in [6, 6.07) is 4.75. The van der Waals surface area contributed by atoms with Crippen molar-refractivity contribution in [1.82, 2.24) is 4.90 Å². The first-order chi connectivity index (χ1) is 9.58. The highest BCUT2D eigenvalue weighted by Gasteiger charge is 2.38. The zero-order chi connectivity index (χ0) is 14.3. The Morgan fingerprint density at radius 2 is 2.00 bits per heavy atom. The van der Waals surface area contributed by atoms with Crippen LogP contribution in [-0.2, 0) is 16.1 Å². The van der Waals surface area contributed by atoms with Crippen LogP contribution in [0.5, 0.6) is 0 Å². The van der Waals surface area contributed by atoms with Gasteiger partial charge in [-0.1, -0.05) is 6.07 Å². The maximum Gasteiger partial charge on any atom is 0.255 e. The van der Waals surface area contributed by atoms with E-state index in [2.05, 4.69) is 0 Å². The van der Waals surface area contributed by atoms with Gasteiger partial charge in [-0.15, -0.1) is 0 Å². The highest BCUT2D eigenvalue weighted by Crippen LogP contribution is 2.31. The lowest BCUT2D eigenvalue weighted by Gasteiger charge is -2.25. The number of nitrogen functional groups attached to an aromatic ring is 1. The van der Waals surface area contributed by atoms with Crippen molar-refractivity contribution in [2.75, 3.05) is 5.73 Å². The normalized spacial score (nSPS) is 22.9. The third kappa shape index (κ3) is 1.99. The Morgan fingerprint density at radius 3 is 2.75 bits per heavy atom. The summed E-state index contributed by atoms with van der Waals surface area (Å²) in [7, 11) is 0. The van der Waals surface area contributed by atoms with Crippen LogP contribution in [0.15, 0.2) is 18.2 Å². The van der Waals surface area contributed by atoms with E-state index in [1.54, 1.807) is 23.1 Å². The zero-order valence-electron chi connectivity index (χ0n) is 11.1. The molecule has 1 saturated carbocycles. The summed E-state index contributed by atoms with van der Waals surface area (Å²) in [5, 5.41) is 0. The molecular formula is C15H16N2O3. The molecule has 3 rings (SSSR count). The van der Waals surface area contributed by atoms with Crippen LogP contribution in [-0.4, -0.2) is 28.4 Å². The summed E-state index contributed by atoms with van der Waals surface area (Å²) in [5.74, 6) is -0.326. The molecule has 0 bridgehead atoms. The number of rotatable bonds is 1. The predicted molar refractivity (Wildman–Crippen MR) is 73.0 cm³/mol. The summed E-state index contributed by atoms with van der Waals surface area (Å²) >= 11 is 0. The van der Waals surface area contributed by atoms with Crippen LogP contribution in [0.2, 0.25) is 0 Å². The second kappa shape index (κ2) is 4.74. The molecule has 5 nitrogen and oxygen atoms in total. The van der Waals surface area contributed by atoms with Crippen molar-refractivity contribution in [3.05, 3.63) is 29.3 Å². The fourth-order valence-corrected chi connectivity index (χ4v) is 3.01. The Bertz CT molecular complexity index is 609. The van der Waals surface area contributed by atoms with Crippen LogP contribution in [0.4, 0.5) is 5.69 Å². The molecule has 1 aliphatic heterocycles. The minimum absolute atomic E-state index is 0.0267.